The first kappa shape index (κ1) is 7.92. The van der Waals surface area contributed by atoms with E-state index in [4.69, 9.17) is 0 Å². The topological polar surface area (TPSA) is 24.4 Å². The van der Waals surface area contributed by atoms with Crippen molar-refractivity contribution < 1.29 is 0 Å². The van der Waals surface area contributed by atoms with Gasteiger partial charge in [-0.3, -0.25) is 4.99 Å². The maximum Gasteiger partial charge on any atom is 0.156 e. The van der Waals surface area contributed by atoms with Crippen molar-refractivity contribution in [2.45, 2.75) is 25.5 Å². The minimum atomic E-state index is 0.731. The fourth-order valence-corrected chi connectivity index (χ4v) is 1.89. The second-order valence-corrected chi connectivity index (χ2v) is 3.61. The van der Waals surface area contributed by atoms with E-state index in [-0.39, 0.29) is 0 Å². The summed E-state index contributed by atoms with van der Waals surface area (Å²) in [5.74, 6) is 0. The number of nitrogens with one attached hydrogen (secondary N) is 1. The molecule has 1 unspecified atom stereocenters. The van der Waals surface area contributed by atoms with Crippen LogP contribution in [-0.2, 0) is 0 Å². The van der Waals surface area contributed by atoms with Crippen molar-refractivity contribution in [2.75, 3.05) is 13.1 Å². The summed E-state index contributed by atoms with van der Waals surface area (Å²) < 4.78 is 0. The minimum Gasteiger partial charge on any atom is -0.365 e. The molecule has 0 aromatic heterocycles. The van der Waals surface area contributed by atoms with E-state index in [1.807, 2.05) is 11.8 Å². The van der Waals surface area contributed by atoms with Gasteiger partial charge in [-0.05, 0) is 13.3 Å². The molecule has 0 saturated heterocycles. The molecule has 1 aliphatic heterocycles. The standard InChI is InChI=1S/C7H14N2S/c1-3-6-5-9-7(10-6)8-4-2/h6H,3-5H2,1-2H3,(H,8,9). The largest absolute Gasteiger partial charge is 0.365 e. The van der Waals surface area contributed by atoms with E-state index in [0.29, 0.717) is 0 Å². The third-order valence-corrected chi connectivity index (χ3v) is 2.81. The molecule has 0 saturated carbocycles. The van der Waals surface area contributed by atoms with Crippen LogP contribution >= 0.6 is 11.8 Å². The molecule has 1 heterocycles. The molecule has 0 spiro atoms. The van der Waals surface area contributed by atoms with Crippen molar-refractivity contribution in [1.29, 1.82) is 0 Å². The molecule has 0 fully saturated rings. The number of rotatable bonds is 2. The average Bonchev–Trinajstić information content (AvgIpc) is 2.37. The molecule has 10 heavy (non-hydrogen) atoms. The van der Waals surface area contributed by atoms with Gasteiger partial charge in [-0.15, -0.1) is 0 Å². The monoisotopic (exact) mass is 158 g/mol. The zero-order chi connectivity index (χ0) is 7.40. The highest BCUT2D eigenvalue weighted by molar-refractivity contribution is 8.14. The van der Waals surface area contributed by atoms with E-state index >= 15 is 0 Å². The normalized spacial score (nSPS) is 24.6. The molecule has 0 radical (unpaired) electrons. The molecule has 0 aliphatic carbocycles. The molecule has 3 heteroatoms. The van der Waals surface area contributed by atoms with Crippen LogP contribution in [-0.4, -0.2) is 23.5 Å². The van der Waals surface area contributed by atoms with Crippen molar-refractivity contribution in [3.05, 3.63) is 0 Å². The summed E-state index contributed by atoms with van der Waals surface area (Å²) in [6, 6.07) is 0. The van der Waals surface area contributed by atoms with Crippen LogP contribution < -0.4 is 5.32 Å². The molecular weight excluding hydrogens is 144 g/mol. The summed E-state index contributed by atoms with van der Waals surface area (Å²) in [7, 11) is 0. The van der Waals surface area contributed by atoms with Gasteiger partial charge in [0.25, 0.3) is 0 Å². The Kier molecular flexibility index (Phi) is 3.06. The Bertz CT molecular complexity index is 134. The highest BCUT2D eigenvalue weighted by atomic mass is 32.2. The van der Waals surface area contributed by atoms with Crippen LogP contribution in [0.4, 0.5) is 0 Å². The van der Waals surface area contributed by atoms with E-state index in [0.717, 1.165) is 23.5 Å². The van der Waals surface area contributed by atoms with Crippen molar-refractivity contribution in [2.24, 2.45) is 4.99 Å². The van der Waals surface area contributed by atoms with Gasteiger partial charge in [0, 0.05) is 11.8 Å². The number of hydrogen-bond acceptors (Lipinski definition) is 3. The molecular formula is C7H14N2S. The SMILES string of the molecule is CCNC1=NCC(CC)S1. The van der Waals surface area contributed by atoms with Crippen molar-refractivity contribution in [1.82, 2.24) is 5.32 Å². The Morgan fingerprint density at radius 3 is 3.00 bits per heavy atom. The lowest BCUT2D eigenvalue weighted by molar-refractivity contribution is 0.841. The number of thioether (sulfide) groups is 1. The van der Waals surface area contributed by atoms with E-state index < -0.39 is 0 Å². The number of amidine groups is 1. The Labute approximate surface area is 66.5 Å². The zero-order valence-electron chi connectivity index (χ0n) is 6.55. The fourth-order valence-electron chi connectivity index (χ4n) is 0.878. The Balaban J connectivity index is 2.25. The Hall–Kier alpha value is -0.180. The summed E-state index contributed by atoms with van der Waals surface area (Å²) in [4.78, 5) is 4.35. The lowest BCUT2D eigenvalue weighted by Gasteiger charge is -2.03. The molecule has 1 N–H and O–H groups in total. The number of nitrogens with zero attached hydrogens (tertiary/aromatic N) is 1. The van der Waals surface area contributed by atoms with E-state index in [9.17, 15) is 0 Å². The van der Waals surface area contributed by atoms with Crippen LogP contribution in [0.2, 0.25) is 0 Å². The van der Waals surface area contributed by atoms with Crippen LogP contribution in [0.1, 0.15) is 20.3 Å². The first-order chi connectivity index (χ1) is 4.86. The highest BCUT2D eigenvalue weighted by Gasteiger charge is 2.16. The van der Waals surface area contributed by atoms with Crippen molar-refractivity contribution in [3.63, 3.8) is 0 Å². The third kappa shape index (κ3) is 1.90. The molecule has 0 amide bonds. The van der Waals surface area contributed by atoms with Gasteiger partial charge in [0.2, 0.25) is 0 Å². The first-order valence-electron chi connectivity index (χ1n) is 3.81. The smallest absolute Gasteiger partial charge is 0.156 e. The Morgan fingerprint density at radius 2 is 2.50 bits per heavy atom. The molecule has 0 aromatic rings. The molecule has 1 rings (SSSR count). The van der Waals surface area contributed by atoms with Crippen LogP contribution in [0.5, 0.6) is 0 Å². The van der Waals surface area contributed by atoms with Gasteiger partial charge in [0.05, 0.1) is 6.54 Å². The van der Waals surface area contributed by atoms with Gasteiger partial charge in [-0.25, -0.2) is 0 Å². The van der Waals surface area contributed by atoms with E-state index in [1.54, 1.807) is 0 Å². The van der Waals surface area contributed by atoms with Gasteiger partial charge < -0.3 is 5.32 Å². The van der Waals surface area contributed by atoms with E-state index in [1.165, 1.54) is 6.42 Å². The van der Waals surface area contributed by atoms with Crippen LogP contribution in [0.25, 0.3) is 0 Å². The summed E-state index contributed by atoms with van der Waals surface area (Å²) in [6.45, 7) is 6.30. The molecule has 1 atom stereocenters. The second kappa shape index (κ2) is 3.86. The predicted octanol–water partition coefficient (Wildman–Crippen LogP) is 1.48. The van der Waals surface area contributed by atoms with Gasteiger partial charge >= 0.3 is 0 Å². The van der Waals surface area contributed by atoms with Crippen molar-refractivity contribution in [3.8, 4) is 0 Å². The maximum absolute atomic E-state index is 4.35. The average molecular weight is 158 g/mol. The maximum atomic E-state index is 4.35. The Morgan fingerprint density at radius 1 is 1.70 bits per heavy atom. The fraction of sp³-hybridized carbons (Fsp3) is 0.857. The van der Waals surface area contributed by atoms with Gasteiger partial charge in [-0.1, -0.05) is 18.7 Å². The lowest BCUT2D eigenvalue weighted by atomic mass is 10.3. The summed E-state index contributed by atoms with van der Waals surface area (Å²) in [6.07, 6.45) is 1.23. The quantitative estimate of drug-likeness (QED) is 0.658. The highest BCUT2D eigenvalue weighted by Crippen LogP contribution is 2.21. The van der Waals surface area contributed by atoms with E-state index in [2.05, 4.69) is 24.2 Å². The summed E-state index contributed by atoms with van der Waals surface area (Å²) >= 11 is 1.87. The molecule has 0 aromatic carbocycles. The molecule has 0 bridgehead atoms. The summed E-state index contributed by atoms with van der Waals surface area (Å²) in [5.41, 5.74) is 0. The van der Waals surface area contributed by atoms with Crippen molar-refractivity contribution >= 4 is 16.9 Å². The van der Waals surface area contributed by atoms with Crippen LogP contribution in [0.3, 0.4) is 0 Å². The summed E-state index contributed by atoms with van der Waals surface area (Å²) in [5, 5.41) is 5.09. The predicted molar refractivity (Wildman–Crippen MR) is 47.6 cm³/mol. The van der Waals surface area contributed by atoms with Gasteiger partial charge in [-0.2, -0.15) is 0 Å². The van der Waals surface area contributed by atoms with Gasteiger partial charge in [0.15, 0.2) is 5.17 Å². The number of aliphatic imine (C=N–C) groups is 1. The third-order valence-electron chi connectivity index (χ3n) is 1.50. The second-order valence-electron chi connectivity index (χ2n) is 2.32. The number of hydrogen-bond donors (Lipinski definition) is 1. The molecule has 2 nitrogen and oxygen atoms in total. The first-order valence-corrected chi connectivity index (χ1v) is 4.69. The zero-order valence-corrected chi connectivity index (χ0v) is 7.37. The van der Waals surface area contributed by atoms with Crippen LogP contribution in [0.15, 0.2) is 4.99 Å². The van der Waals surface area contributed by atoms with Gasteiger partial charge in [0.1, 0.15) is 0 Å². The molecule has 1 aliphatic rings. The minimum absolute atomic E-state index is 0.731. The van der Waals surface area contributed by atoms with Crippen LogP contribution in [0, 0.1) is 0 Å². The lowest BCUT2D eigenvalue weighted by Crippen LogP contribution is -2.18. The molecule has 58 valence electrons.